The maximum absolute atomic E-state index is 11.7. The first-order valence-corrected chi connectivity index (χ1v) is 8.41. The molecule has 0 radical (unpaired) electrons. The van der Waals surface area contributed by atoms with Crippen molar-refractivity contribution in [3.63, 3.8) is 0 Å². The highest BCUT2D eigenvalue weighted by molar-refractivity contribution is 7.89. The van der Waals surface area contributed by atoms with E-state index in [1.165, 1.54) is 12.6 Å². The van der Waals surface area contributed by atoms with E-state index < -0.39 is 10.0 Å². The van der Waals surface area contributed by atoms with Crippen LogP contribution in [0.2, 0.25) is 0 Å². The quantitative estimate of drug-likeness (QED) is 0.773. The van der Waals surface area contributed by atoms with Gasteiger partial charge in [0.1, 0.15) is 0 Å². The van der Waals surface area contributed by atoms with Crippen molar-refractivity contribution < 1.29 is 8.42 Å². The Hall–Kier alpha value is -1.85. The van der Waals surface area contributed by atoms with Gasteiger partial charge < -0.3 is 5.32 Å². The van der Waals surface area contributed by atoms with Gasteiger partial charge in [0.25, 0.3) is 0 Å². The third-order valence-electron chi connectivity index (χ3n) is 3.23. The summed E-state index contributed by atoms with van der Waals surface area (Å²) in [7, 11) is -1.97. The minimum absolute atomic E-state index is 0.276. The lowest BCUT2D eigenvalue weighted by molar-refractivity contribution is 0.588. The van der Waals surface area contributed by atoms with E-state index in [4.69, 9.17) is 0 Å². The van der Waals surface area contributed by atoms with Crippen LogP contribution in [0, 0.1) is 0 Å². The first kappa shape index (κ1) is 15.5. The van der Waals surface area contributed by atoms with Crippen molar-refractivity contribution >= 4 is 15.7 Å². The number of hydrogen-bond donors (Lipinski definition) is 2. The Kier molecular flexibility index (Phi) is 5.36. The van der Waals surface area contributed by atoms with Gasteiger partial charge in [-0.05, 0) is 43.7 Å². The molecule has 0 amide bonds. The van der Waals surface area contributed by atoms with Crippen LogP contribution in [-0.2, 0) is 16.4 Å². The zero-order valence-corrected chi connectivity index (χ0v) is 12.9. The molecular weight excluding hydrogens is 284 g/mol. The molecule has 0 saturated carbocycles. The predicted octanol–water partition coefficient (Wildman–Crippen LogP) is 2.64. The van der Waals surface area contributed by atoms with E-state index in [-0.39, 0.29) is 4.90 Å². The van der Waals surface area contributed by atoms with Gasteiger partial charge in [-0.15, -0.1) is 0 Å². The molecule has 0 aromatic heterocycles. The molecule has 0 aliphatic heterocycles. The minimum Gasteiger partial charge on any atom is -0.385 e. The summed E-state index contributed by atoms with van der Waals surface area (Å²) >= 11 is 0. The zero-order chi connectivity index (χ0) is 15.1. The second kappa shape index (κ2) is 7.24. The van der Waals surface area contributed by atoms with Crippen molar-refractivity contribution in [1.82, 2.24) is 4.72 Å². The lowest BCUT2D eigenvalue weighted by atomic mass is 10.1. The average molecular weight is 304 g/mol. The SMILES string of the molecule is CNS(=O)(=O)c1cccc(NCCCc2ccccc2)c1. The smallest absolute Gasteiger partial charge is 0.240 e. The highest BCUT2D eigenvalue weighted by atomic mass is 32.2. The minimum atomic E-state index is -3.38. The summed E-state index contributed by atoms with van der Waals surface area (Å²) in [5, 5.41) is 3.26. The molecule has 0 aliphatic rings. The number of rotatable bonds is 7. The van der Waals surface area contributed by atoms with E-state index in [1.807, 2.05) is 24.3 Å². The van der Waals surface area contributed by atoms with Crippen LogP contribution in [0.4, 0.5) is 5.69 Å². The van der Waals surface area contributed by atoms with E-state index in [2.05, 4.69) is 22.2 Å². The number of hydrogen-bond acceptors (Lipinski definition) is 3. The fourth-order valence-corrected chi connectivity index (χ4v) is 2.84. The van der Waals surface area contributed by atoms with E-state index in [1.54, 1.807) is 18.2 Å². The third-order valence-corrected chi connectivity index (χ3v) is 4.64. The number of nitrogens with one attached hydrogen (secondary N) is 2. The second-order valence-electron chi connectivity index (χ2n) is 4.75. The van der Waals surface area contributed by atoms with Crippen LogP contribution in [-0.4, -0.2) is 22.0 Å². The molecule has 2 aromatic carbocycles. The lowest BCUT2D eigenvalue weighted by Crippen LogP contribution is -2.18. The monoisotopic (exact) mass is 304 g/mol. The van der Waals surface area contributed by atoms with Gasteiger partial charge in [-0.1, -0.05) is 36.4 Å². The molecule has 0 fully saturated rings. The fourth-order valence-electron chi connectivity index (χ4n) is 2.06. The first-order chi connectivity index (χ1) is 10.1. The molecule has 4 nitrogen and oxygen atoms in total. The normalized spacial score (nSPS) is 11.3. The molecule has 0 bridgehead atoms. The largest absolute Gasteiger partial charge is 0.385 e. The molecule has 112 valence electrons. The molecule has 2 N–H and O–H groups in total. The first-order valence-electron chi connectivity index (χ1n) is 6.93. The Morgan fingerprint density at radius 2 is 1.76 bits per heavy atom. The van der Waals surface area contributed by atoms with Crippen molar-refractivity contribution in [3.05, 3.63) is 60.2 Å². The molecule has 0 saturated heterocycles. The number of sulfonamides is 1. The van der Waals surface area contributed by atoms with Gasteiger partial charge in [-0.25, -0.2) is 13.1 Å². The van der Waals surface area contributed by atoms with Crippen LogP contribution < -0.4 is 10.0 Å². The molecule has 5 heteroatoms. The van der Waals surface area contributed by atoms with Gasteiger partial charge >= 0.3 is 0 Å². The van der Waals surface area contributed by atoms with Gasteiger partial charge in [0.05, 0.1) is 4.90 Å². The Balaban J connectivity index is 1.88. The average Bonchev–Trinajstić information content (AvgIpc) is 2.53. The van der Waals surface area contributed by atoms with Crippen LogP contribution in [0.3, 0.4) is 0 Å². The van der Waals surface area contributed by atoms with Crippen LogP contribution in [0.5, 0.6) is 0 Å². The summed E-state index contributed by atoms with van der Waals surface area (Å²) in [6.45, 7) is 0.804. The molecule has 0 atom stereocenters. The Bertz CT molecular complexity index is 670. The maximum atomic E-state index is 11.7. The Morgan fingerprint density at radius 3 is 2.48 bits per heavy atom. The second-order valence-corrected chi connectivity index (χ2v) is 6.64. The summed E-state index contributed by atoms with van der Waals surface area (Å²) in [4.78, 5) is 0.276. The summed E-state index contributed by atoms with van der Waals surface area (Å²) < 4.78 is 25.8. The molecule has 0 aliphatic carbocycles. The van der Waals surface area contributed by atoms with Crippen molar-refractivity contribution in [3.8, 4) is 0 Å². The molecular formula is C16H20N2O2S. The van der Waals surface area contributed by atoms with Gasteiger partial charge in [0.15, 0.2) is 0 Å². The molecule has 2 aromatic rings. The molecule has 21 heavy (non-hydrogen) atoms. The maximum Gasteiger partial charge on any atom is 0.240 e. The van der Waals surface area contributed by atoms with Crippen molar-refractivity contribution in [2.75, 3.05) is 18.9 Å². The standard InChI is InChI=1S/C16H20N2O2S/c1-17-21(19,20)16-11-5-10-15(13-16)18-12-6-9-14-7-3-2-4-8-14/h2-5,7-8,10-11,13,17-18H,6,9,12H2,1H3. The lowest BCUT2D eigenvalue weighted by Gasteiger charge is -2.08. The van der Waals surface area contributed by atoms with Crippen LogP contribution in [0.15, 0.2) is 59.5 Å². The van der Waals surface area contributed by atoms with Crippen LogP contribution in [0.1, 0.15) is 12.0 Å². The molecule has 0 unspecified atom stereocenters. The van der Waals surface area contributed by atoms with Crippen LogP contribution in [0.25, 0.3) is 0 Å². The van der Waals surface area contributed by atoms with E-state index in [0.717, 1.165) is 25.1 Å². The molecule has 0 spiro atoms. The van der Waals surface area contributed by atoms with E-state index in [9.17, 15) is 8.42 Å². The number of anilines is 1. The summed E-state index contributed by atoms with van der Waals surface area (Å²) in [5.74, 6) is 0. The third kappa shape index (κ3) is 4.58. The molecule has 2 rings (SSSR count). The van der Waals surface area contributed by atoms with Crippen molar-refractivity contribution in [2.45, 2.75) is 17.7 Å². The molecule has 0 heterocycles. The summed E-state index contributed by atoms with van der Waals surface area (Å²) in [6.07, 6.45) is 2.00. The summed E-state index contributed by atoms with van der Waals surface area (Å²) in [6, 6.07) is 17.1. The van der Waals surface area contributed by atoms with Gasteiger partial charge in [0, 0.05) is 12.2 Å². The predicted molar refractivity (Wildman–Crippen MR) is 85.9 cm³/mol. The summed E-state index contributed by atoms with van der Waals surface area (Å²) in [5.41, 5.74) is 2.13. The van der Waals surface area contributed by atoms with Gasteiger partial charge in [-0.2, -0.15) is 0 Å². The Morgan fingerprint density at radius 1 is 1.00 bits per heavy atom. The van der Waals surface area contributed by atoms with Crippen molar-refractivity contribution in [2.24, 2.45) is 0 Å². The Labute approximate surface area is 126 Å². The fraction of sp³-hybridized carbons (Fsp3) is 0.250. The highest BCUT2D eigenvalue weighted by Crippen LogP contribution is 2.15. The van der Waals surface area contributed by atoms with Gasteiger partial charge in [-0.3, -0.25) is 0 Å². The van der Waals surface area contributed by atoms with Crippen LogP contribution >= 0.6 is 0 Å². The van der Waals surface area contributed by atoms with Crippen molar-refractivity contribution in [1.29, 1.82) is 0 Å². The topological polar surface area (TPSA) is 58.2 Å². The van der Waals surface area contributed by atoms with Gasteiger partial charge in [0.2, 0.25) is 10.0 Å². The zero-order valence-electron chi connectivity index (χ0n) is 12.0. The number of aryl methyl sites for hydroxylation is 1. The van der Waals surface area contributed by atoms with E-state index >= 15 is 0 Å². The van der Waals surface area contributed by atoms with E-state index in [0.29, 0.717) is 0 Å². The highest BCUT2D eigenvalue weighted by Gasteiger charge is 2.10. The number of benzene rings is 2.